The van der Waals surface area contributed by atoms with Crippen LogP contribution in [0.15, 0.2) is 24.5 Å². The van der Waals surface area contributed by atoms with Crippen LogP contribution in [0, 0.1) is 17.2 Å². The van der Waals surface area contributed by atoms with Crippen molar-refractivity contribution in [3.8, 4) is 6.07 Å². The van der Waals surface area contributed by atoms with E-state index in [4.69, 9.17) is 5.26 Å². The van der Waals surface area contributed by atoms with Gasteiger partial charge in [0.2, 0.25) is 0 Å². The second-order valence-electron chi connectivity index (χ2n) is 3.59. The van der Waals surface area contributed by atoms with Gasteiger partial charge in [0.25, 0.3) is 0 Å². The van der Waals surface area contributed by atoms with Crippen LogP contribution in [-0.2, 0) is 6.54 Å². The summed E-state index contributed by atoms with van der Waals surface area (Å²) in [6, 6.07) is 6.06. The molecule has 0 saturated heterocycles. The molecule has 0 aliphatic rings. The van der Waals surface area contributed by atoms with Gasteiger partial charge in [-0.25, -0.2) is 0 Å². The molecule has 0 fully saturated rings. The van der Waals surface area contributed by atoms with Crippen molar-refractivity contribution >= 4 is 0 Å². The highest BCUT2D eigenvalue weighted by molar-refractivity contribution is 5.10. The molecule has 74 valence electrons. The Labute approximate surface area is 84.8 Å². The van der Waals surface area contributed by atoms with Gasteiger partial charge in [0, 0.05) is 18.9 Å². The molecular formula is C11H15N3. The Morgan fingerprint density at radius 1 is 1.43 bits per heavy atom. The summed E-state index contributed by atoms with van der Waals surface area (Å²) in [5.41, 5.74) is 1.15. The number of rotatable bonds is 4. The highest BCUT2D eigenvalue weighted by Crippen LogP contribution is 2.02. The Bertz CT molecular complexity index is 300. The van der Waals surface area contributed by atoms with Crippen LogP contribution in [0.2, 0.25) is 0 Å². The number of nitrogens with zero attached hydrogens (tertiary/aromatic N) is 2. The van der Waals surface area contributed by atoms with E-state index in [0.717, 1.165) is 12.1 Å². The Balaban J connectivity index is 2.45. The molecule has 1 aromatic heterocycles. The van der Waals surface area contributed by atoms with Gasteiger partial charge >= 0.3 is 0 Å². The van der Waals surface area contributed by atoms with Gasteiger partial charge in [-0.3, -0.25) is 10.3 Å². The molecule has 1 rings (SSSR count). The molecule has 1 N–H and O–H groups in total. The van der Waals surface area contributed by atoms with E-state index in [2.05, 4.69) is 16.4 Å². The number of aromatic nitrogens is 1. The fourth-order valence-electron chi connectivity index (χ4n) is 1.16. The Morgan fingerprint density at radius 2 is 2.07 bits per heavy atom. The molecule has 1 aromatic rings. The van der Waals surface area contributed by atoms with Gasteiger partial charge in [0.05, 0.1) is 12.1 Å². The van der Waals surface area contributed by atoms with Crippen LogP contribution < -0.4 is 5.32 Å². The molecule has 3 nitrogen and oxygen atoms in total. The van der Waals surface area contributed by atoms with Crippen LogP contribution in [0.3, 0.4) is 0 Å². The van der Waals surface area contributed by atoms with Crippen molar-refractivity contribution in [3.63, 3.8) is 0 Å². The molecule has 1 atom stereocenters. The highest BCUT2D eigenvalue weighted by Gasteiger charge is 2.10. The maximum absolute atomic E-state index is 8.85. The minimum atomic E-state index is -0.0804. The lowest BCUT2D eigenvalue weighted by atomic mass is 10.1. The molecule has 0 aliphatic heterocycles. The van der Waals surface area contributed by atoms with Gasteiger partial charge in [-0.1, -0.05) is 13.8 Å². The summed E-state index contributed by atoms with van der Waals surface area (Å²) in [6.45, 7) is 4.79. The molecule has 0 aromatic carbocycles. The van der Waals surface area contributed by atoms with Crippen molar-refractivity contribution in [2.75, 3.05) is 0 Å². The molecule has 14 heavy (non-hydrogen) atoms. The molecular weight excluding hydrogens is 174 g/mol. The zero-order chi connectivity index (χ0) is 10.4. The second-order valence-corrected chi connectivity index (χ2v) is 3.59. The lowest BCUT2D eigenvalue weighted by Gasteiger charge is -2.14. The number of pyridine rings is 1. The highest BCUT2D eigenvalue weighted by atomic mass is 14.9. The second kappa shape index (κ2) is 5.36. The maximum Gasteiger partial charge on any atom is 0.0978 e. The van der Waals surface area contributed by atoms with E-state index in [1.165, 1.54) is 0 Å². The minimum absolute atomic E-state index is 0.0804. The predicted octanol–water partition coefficient (Wildman–Crippen LogP) is 1.72. The van der Waals surface area contributed by atoms with E-state index in [0.29, 0.717) is 5.92 Å². The van der Waals surface area contributed by atoms with Gasteiger partial charge < -0.3 is 0 Å². The first-order valence-electron chi connectivity index (χ1n) is 4.76. The topological polar surface area (TPSA) is 48.7 Å². The number of hydrogen-bond acceptors (Lipinski definition) is 3. The van der Waals surface area contributed by atoms with E-state index < -0.39 is 0 Å². The summed E-state index contributed by atoms with van der Waals surface area (Å²) in [6.07, 6.45) is 3.52. The van der Waals surface area contributed by atoms with Crippen LogP contribution in [0.5, 0.6) is 0 Å². The largest absolute Gasteiger partial charge is 0.298 e. The SMILES string of the molecule is CC(C)C(C#N)NCc1ccncc1. The number of nitriles is 1. The Morgan fingerprint density at radius 3 is 2.57 bits per heavy atom. The van der Waals surface area contributed by atoms with Gasteiger partial charge in [0.15, 0.2) is 0 Å². The smallest absolute Gasteiger partial charge is 0.0978 e. The van der Waals surface area contributed by atoms with Gasteiger partial charge in [-0.2, -0.15) is 5.26 Å². The first kappa shape index (κ1) is 10.7. The maximum atomic E-state index is 8.85. The summed E-state index contributed by atoms with van der Waals surface area (Å²) >= 11 is 0. The monoisotopic (exact) mass is 189 g/mol. The molecule has 0 aliphatic carbocycles. The fourth-order valence-corrected chi connectivity index (χ4v) is 1.16. The van der Waals surface area contributed by atoms with Gasteiger partial charge in [-0.05, 0) is 23.6 Å². The van der Waals surface area contributed by atoms with Crippen LogP contribution in [0.25, 0.3) is 0 Å². The van der Waals surface area contributed by atoms with E-state index >= 15 is 0 Å². The Kier molecular flexibility index (Phi) is 4.09. The first-order valence-corrected chi connectivity index (χ1v) is 4.76. The summed E-state index contributed by atoms with van der Waals surface area (Å²) in [5, 5.41) is 12.0. The van der Waals surface area contributed by atoms with Gasteiger partial charge in [-0.15, -0.1) is 0 Å². The van der Waals surface area contributed by atoms with Crippen molar-refractivity contribution in [2.45, 2.75) is 26.4 Å². The first-order chi connectivity index (χ1) is 6.74. The lowest BCUT2D eigenvalue weighted by Crippen LogP contribution is -2.31. The fraction of sp³-hybridized carbons (Fsp3) is 0.455. The number of hydrogen-bond donors (Lipinski definition) is 1. The molecule has 1 heterocycles. The van der Waals surface area contributed by atoms with E-state index in [9.17, 15) is 0 Å². The van der Waals surface area contributed by atoms with E-state index in [1.807, 2.05) is 26.0 Å². The number of nitrogens with one attached hydrogen (secondary N) is 1. The molecule has 0 bridgehead atoms. The van der Waals surface area contributed by atoms with Gasteiger partial charge in [0.1, 0.15) is 0 Å². The molecule has 0 spiro atoms. The zero-order valence-corrected chi connectivity index (χ0v) is 8.57. The summed E-state index contributed by atoms with van der Waals surface area (Å²) in [4.78, 5) is 3.93. The standard InChI is InChI=1S/C11H15N3/c1-9(2)11(7-12)14-8-10-3-5-13-6-4-10/h3-6,9,11,14H,8H2,1-2H3. The Hall–Kier alpha value is -1.40. The van der Waals surface area contributed by atoms with Crippen LogP contribution in [-0.4, -0.2) is 11.0 Å². The summed E-state index contributed by atoms with van der Waals surface area (Å²) in [7, 11) is 0. The minimum Gasteiger partial charge on any atom is -0.298 e. The molecule has 0 saturated carbocycles. The van der Waals surface area contributed by atoms with E-state index in [1.54, 1.807) is 12.4 Å². The predicted molar refractivity (Wildman–Crippen MR) is 55.3 cm³/mol. The molecule has 3 heteroatoms. The van der Waals surface area contributed by atoms with Crippen LogP contribution >= 0.6 is 0 Å². The quantitative estimate of drug-likeness (QED) is 0.784. The molecule has 0 radical (unpaired) electrons. The molecule has 0 amide bonds. The average molecular weight is 189 g/mol. The van der Waals surface area contributed by atoms with Crippen molar-refractivity contribution < 1.29 is 0 Å². The zero-order valence-electron chi connectivity index (χ0n) is 8.57. The third kappa shape index (κ3) is 3.15. The third-order valence-electron chi connectivity index (χ3n) is 2.08. The van der Waals surface area contributed by atoms with Crippen molar-refractivity contribution in [2.24, 2.45) is 5.92 Å². The summed E-state index contributed by atoms with van der Waals surface area (Å²) in [5.74, 6) is 0.335. The van der Waals surface area contributed by atoms with Crippen molar-refractivity contribution in [1.82, 2.24) is 10.3 Å². The van der Waals surface area contributed by atoms with E-state index in [-0.39, 0.29) is 6.04 Å². The molecule has 1 unspecified atom stereocenters. The lowest BCUT2D eigenvalue weighted by molar-refractivity contribution is 0.472. The average Bonchev–Trinajstić information content (AvgIpc) is 2.20. The van der Waals surface area contributed by atoms with Crippen molar-refractivity contribution in [1.29, 1.82) is 5.26 Å². The third-order valence-corrected chi connectivity index (χ3v) is 2.08. The van der Waals surface area contributed by atoms with Crippen molar-refractivity contribution in [3.05, 3.63) is 30.1 Å². The van der Waals surface area contributed by atoms with Crippen LogP contribution in [0.1, 0.15) is 19.4 Å². The van der Waals surface area contributed by atoms with Crippen LogP contribution in [0.4, 0.5) is 0 Å². The summed E-state index contributed by atoms with van der Waals surface area (Å²) < 4.78 is 0. The normalized spacial score (nSPS) is 12.4.